The lowest BCUT2D eigenvalue weighted by Gasteiger charge is -2.29. The van der Waals surface area contributed by atoms with Crippen LogP contribution in [0.1, 0.15) is 36.4 Å². The lowest BCUT2D eigenvalue weighted by Crippen LogP contribution is -2.38. The van der Waals surface area contributed by atoms with E-state index in [1.54, 1.807) is 22.7 Å². The van der Waals surface area contributed by atoms with Gasteiger partial charge in [-0.05, 0) is 30.4 Å². The van der Waals surface area contributed by atoms with Gasteiger partial charge < -0.3 is 5.32 Å². The molecule has 0 unspecified atom stereocenters. The Morgan fingerprint density at radius 1 is 1.37 bits per heavy atom. The molecule has 2 rings (SSSR count). The minimum atomic E-state index is 0.0183. The topological polar surface area (TPSA) is 29.1 Å². The number of thiophene rings is 2. The van der Waals surface area contributed by atoms with Crippen molar-refractivity contribution in [2.75, 3.05) is 12.4 Å². The van der Waals surface area contributed by atoms with Crippen molar-refractivity contribution in [1.82, 2.24) is 5.32 Å². The van der Waals surface area contributed by atoms with Crippen LogP contribution in [-0.2, 0) is 0 Å². The molecule has 19 heavy (non-hydrogen) atoms. The summed E-state index contributed by atoms with van der Waals surface area (Å²) in [5.41, 5.74) is 0.0197. The Morgan fingerprint density at radius 2 is 2.11 bits per heavy atom. The van der Waals surface area contributed by atoms with E-state index in [-0.39, 0.29) is 11.3 Å². The highest BCUT2D eigenvalue weighted by Gasteiger charge is 2.26. The molecular weight excluding hydrogens is 298 g/mol. The number of halogens is 1. The summed E-state index contributed by atoms with van der Waals surface area (Å²) in [5, 5.41) is 5.09. The SMILES string of the molecule is CCC(CC)(CCl)CNC(=O)c1cc2sccc2s1. The number of carbonyl (C=O) groups excluding carboxylic acids is 1. The van der Waals surface area contributed by atoms with E-state index in [9.17, 15) is 4.79 Å². The zero-order valence-corrected chi connectivity index (χ0v) is 13.6. The third kappa shape index (κ3) is 3.12. The van der Waals surface area contributed by atoms with Crippen molar-refractivity contribution in [3.63, 3.8) is 0 Å². The molecule has 1 N–H and O–H groups in total. The fourth-order valence-corrected chi connectivity index (χ4v) is 4.47. The van der Waals surface area contributed by atoms with Crippen LogP contribution in [0.2, 0.25) is 0 Å². The molecule has 1 amide bonds. The second-order valence-corrected chi connectivity index (χ2v) is 7.08. The summed E-state index contributed by atoms with van der Waals surface area (Å²) in [5.74, 6) is 0.601. The van der Waals surface area contributed by atoms with E-state index in [0.29, 0.717) is 12.4 Å². The normalized spacial score (nSPS) is 11.9. The minimum Gasteiger partial charge on any atom is -0.351 e. The van der Waals surface area contributed by atoms with Gasteiger partial charge in [0, 0.05) is 27.2 Å². The van der Waals surface area contributed by atoms with Gasteiger partial charge in [-0.2, -0.15) is 0 Å². The van der Waals surface area contributed by atoms with Crippen LogP contribution >= 0.6 is 34.3 Å². The average Bonchev–Trinajstić information content (AvgIpc) is 3.01. The average molecular weight is 316 g/mol. The fourth-order valence-electron chi connectivity index (χ4n) is 1.97. The molecule has 0 aliphatic rings. The molecule has 0 aliphatic heterocycles. The van der Waals surface area contributed by atoms with Crippen molar-refractivity contribution in [3.05, 3.63) is 22.4 Å². The third-order valence-corrected chi connectivity index (χ3v) is 6.43. The Hall–Kier alpha value is -0.580. The van der Waals surface area contributed by atoms with E-state index in [1.165, 1.54) is 9.40 Å². The van der Waals surface area contributed by atoms with Crippen LogP contribution in [0.5, 0.6) is 0 Å². The molecule has 0 aliphatic carbocycles. The third-order valence-electron chi connectivity index (χ3n) is 3.77. The molecular formula is C14H18ClNOS2. The Labute approximate surface area is 126 Å². The molecule has 104 valence electrons. The maximum Gasteiger partial charge on any atom is 0.261 e. The summed E-state index contributed by atoms with van der Waals surface area (Å²) in [6.07, 6.45) is 1.96. The lowest BCUT2D eigenvalue weighted by molar-refractivity contribution is 0.0936. The van der Waals surface area contributed by atoms with Crippen molar-refractivity contribution in [2.24, 2.45) is 5.41 Å². The summed E-state index contributed by atoms with van der Waals surface area (Å²) < 4.78 is 2.37. The van der Waals surface area contributed by atoms with E-state index < -0.39 is 0 Å². The van der Waals surface area contributed by atoms with Gasteiger partial charge in [0.05, 0.1) is 4.88 Å². The fraction of sp³-hybridized carbons (Fsp3) is 0.500. The van der Waals surface area contributed by atoms with E-state index in [1.807, 2.05) is 6.07 Å². The van der Waals surface area contributed by atoms with Crippen LogP contribution < -0.4 is 5.32 Å². The molecule has 0 aromatic carbocycles. The van der Waals surface area contributed by atoms with Gasteiger partial charge >= 0.3 is 0 Å². The summed E-state index contributed by atoms with van der Waals surface area (Å²) in [4.78, 5) is 13.0. The van der Waals surface area contributed by atoms with E-state index in [0.717, 1.165) is 17.7 Å². The highest BCUT2D eigenvalue weighted by molar-refractivity contribution is 7.27. The summed E-state index contributed by atoms with van der Waals surface area (Å²) in [6.45, 7) is 4.90. The van der Waals surface area contributed by atoms with Gasteiger partial charge in [-0.3, -0.25) is 4.79 Å². The Morgan fingerprint density at radius 3 is 2.68 bits per heavy atom. The maximum atomic E-state index is 12.2. The van der Waals surface area contributed by atoms with Gasteiger partial charge in [0.1, 0.15) is 0 Å². The van der Waals surface area contributed by atoms with Gasteiger partial charge in [-0.25, -0.2) is 0 Å². The van der Waals surface area contributed by atoms with Gasteiger partial charge in [-0.15, -0.1) is 34.3 Å². The van der Waals surface area contributed by atoms with Crippen molar-refractivity contribution in [2.45, 2.75) is 26.7 Å². The number of nitrogens with one attached hydrogen (secondary N) is 1. The standard InChI is InChI=1S/C14H18ClNOS2/c1-3-14(4-2,8-15)9-16-13(17)12-7-11-10(19-12)5-6-18-11/h5-7H,3-4,8-9H2,1-2H3,(H,16,17). The van der Waals surface area contributed by atoms with Crippen molar-refractivity contribution in [3.8, 4) is 0 Å². The quantitative estimate of drug-likeness (QED) is 0.767. The molecule has 0 saturated heterocycles. The molecule has 2 heterocycles. The Balaban J connectivity index is 2.03. The molecule has 2 aromatic heterocycles. The predicted octanol–water partition coefficient (Wildman–Crippen LogP) is 4.74. The summed E-state index contributed by atoms with van der Waals surface area (Å²) in [7, 11) is 0. The van der Waals surface area contributed by atoms with Crippen LogP contribution in [0.15, 0.2) is 17.5 Å². The lowest BCUT2D eigenvalue weighted by atomic mass is 9.84. The van der Waals surface area contributed by atoms with Crippen LogP contribution in [0, 0.1) is 5.41 Å². The minimum absolute atomic E-state index is 0.0183. The largest absolute Gasteiger partial charge is 0.351 e. The molecule has 5 heteroatoms. The first kappa shape index (κ1) is 14.8. The van der Waals surface area contributed by atoms with Crippen LogP contribution in [0.3, 0.4) is 0 Å². The Kier molecular flexibility index (Phi) is 4.87. The number of carbonyl (C=O) groups is 1. The molecule has 0 fully saturated rings. The molecule has 0 bridgehead atoms. The van der Waals surface area contributed by atoms with Gasteiger partial charge in [0.15, 0.2) is 0 Å². The van der Waals surface area contributed by atoms with Crippen LogP contribution in [0.25, 0.3) is 9.40 Å². The molecule has 2 aromatic rings. The first-order chi connectivity index (χ1) is 9.14. The number of hydrogen-bond donors (Lipinski definition) is 1. The van der Waals surface area contributed by atoms with E-state index >= 15 is 0 Å². The number of hydrogen-bond acceptors (Lipinski definition) is 3. The van der Waals surface area contributed by atoms with Gasteiger partial charge in [-0.1, -0.05) is 13.8 Å². The maximum absolute atomic E-state index is 12.2. The summed E-state index contributed by atoms with van der Waals surface area (Å²) >= 11 is 9.28. The molecule has 0 saturated carbocycles. The van der Waals surface area contributed by atoms with E-state index in [4.69, 9.17) is 11.6 Å². The number of rotatable bonds is 6. The van der Waals surface area contributed by atoms with E-state index in [2.05, 4.69) is 30.6 Å². The van der Waals surface area contributed by atoms with Crippen molar-refractivity contribution in [1.29, 1.82) is 0 Å². The first-order valence-corrected chi connectivity index (χ1v) is 8.68. The highest BCUT2D eigenvalue weighted by Crippen LogP contribution is 2.30. The van der Waals surface area contributed by atoms with Gasteiger partial charge in [0.2, 0.25) is 0 Å². The highest BCUT2D eigenvalue weighted by atomic mass is 35.5. The van der Waals surface area contributed by atoms with Crippen molar-refractivity contribution < 1.29 is 4.79 Å². The molecule has 0 atom stereocenters. The molecule has 2 nitrogen and oxygen atoms in total. The first-order valence-electron chi connectivity index (χ1n) is 6.45. The molecule has 0 spiro atoms. The number of amides is 1. The Bertz CT molecular complexity index is 520. The monoisotopic (exact) mass is 315 g/mol. The number of alkyl halides is 1. The zero-order chi connectivity index (χ0) is 13.9. The van der Waals surface area contributed by atoms with Crippen molar-refractivity contribution >= 4 is 49.6 Å². The second-order valence-electron chi connectivity index (χ2n) is 4.78. The predicted molar refractivity (Wildman–Crippen MR) is 85.8 cm³/mol. The molecule has 0 radical (unpaired) electrons. The van der Waals surface area contributed by atoms with Crippen LogP contribution in [0.4, 0.5) is 0 Å². The smallest absolute Gasteiger partial charge is 0.261 e. The summed E-state index contributed by atoms with van der Waals surface area (Å²) in [6, 6.07) is 4.03. The van der Waals surface area contributed by atoms with Crippen LogP contribution in [-0.4, -0.2) is 18.3 Å². The number of fused-ring (bicyclic) bond motifs is 1. The zero-order valence-electron chi connectivity index (χ0n) is 11.2. The van der Waals surface area contributed by atoms with Gasteiger partial charge in [0.25, 0.3) is 5.91 Å². The second kappa shape index (κ2) is 6.25.